The molecule has 5 heteroatoms. The first kappa shape index (κ1) is 14.8. The number of halogens is 1. The molecule has 0 amide bonds. The van der Waals surface area contributed by atoms with E-state index >= 15 is 0 Å². The summed E-state index contributed by atoms with van der Waals surface area (Å²) in [5.74, 6) is 0. The van der Waals surface area contributed by atoms with Crippen LogP contribution in [0.4, 0.5) is 4.39 Å². The van der Waals surface area contributed by atoms with E-state index < -0.39 is 25.0 Å². The second-order valence-electron chi connectivity index (χ2n) is 3.39. The molecule has 0 saturated carbocycles. The van der Waals surface area contributed by atoms with Gasteiger partial charge < -0.3 is 19.7 Å². The van der Waals surface area contributed by atoms with Crippen molar-refractivity contribution >= 4 is 0 Å². The van der Waals surface area contributed by atoms with Gasteiger partial charge in [0.2, 0.25) is 0 Å². The summed E-state index contributed by atoms with van der Waals surface area (Å²) in [5, 5.41) is 17.9. The molecular weight excluding hydrogens is 203 g/mol. The van der Waals surface area contributed by atoms with Crippen molar-refractivity contribution in [2.45, 2.75) is 38.1 Å². The summed E-state index contributed by atoms with van der Waals surface area (Å²) in [6.45, 7) is 2.03. The number of hydrogen-bond donors (Lipinski definition) is 2. The maximum atomic E-state index is 12.9. The number of hydrogen-bond acceptors (Lipinski definition) is 4. The Kier molecular flexibility index (Phi) is 8.89. The Bertz CT molecular complexity index is 145. The molecule has 0 radical (unpaired) electrons. The fourth-order valence-electron chi connectivity index (χ4n) is 1.09. The maximum Gasteiger partial charge on any atom is 0.151 e. The average molecular weight is 224 g/mol. The molecule has 2 unspecified atom stereocenters. The molecule has 0 aromatic rings. The van der Waals surface area contributed by atoms with Crippen LogP contribution >= 0.6 is 0 Å². The monoisotopic (exact) mass is 224 g/mol. The van der Waals surface area contributed by atoms with E-state index in [4.69, 9.17) is 14.6 Å². The summed E-state index contributed by atoms with van der Waals surface area (Å²) in [5.41, 5.74) is 0. The van der Waals surface area contributed by atoms with Crippen LogP contribution in [0.5, 0.6) is 0 Å². The van der Waals surface area contributed by atoms with E-state index in [2.05, 4.69) is 0 Å². The van der Waals surface area contributed by atoms with Gasteiger partial charge in [-0.1, -0.05) is 13.3 Å². The zero-order valence-corrected chi connectivity index (χ0v) is 9.36. The average Bonchev–Trinajstić information content (AvgIpc) is 2.27. The van der Waals surface area contributed by atoms with Gasteiger partial charge in [-0.05, 0) is 6.42 Å². The van der Waals surface area contributed by atoms with E-state index in [1.165, 1.54) is 7.11 Å². The predicted octanol–water partition coefficient (Wildman–Crippen LogP) is 0.509. The number of aliphatic hydroxyl groups is 2. The lowest BCUT2D eigenvalue weighted by Gasteiger charge is -2.23. The number of ether oxygens (including phenoxy) is 2. The smallest absolute Gasteiger partial charge is 0.151 e. The lowest BCUT2D eigenvalue weighted by molar-refractivity contribution is -0.0937. The van der Waals surface area contributed by atoms with Gasteiger partial charge in [0.25, 0.3) is 0 Å². The fourth-order valence-corrected chi connectivity index (χ4v) is 1.09. The Labute approximate surface area is 90.0 Å². The molecule has 92 valence electrons. The van der Waals surface area contributed by atoms with E-state index in [9.17, 15) is 9.50 Å². The number of unbranched alkanes of at least 4 members (excludes halogenated alkanes) is 1. The van der Waals surface area contributed by atoms with Crippen LogP contribution in [0.2, 0.25) is 0 Å². The highest BCUT2D eigenvalue weighted by Crippen LogP contribution is 2.07. The highest BCUT2D eigenvalue weighted by atomic mass is 19.1. The first-order valence-corrected chi connectivity index (χ1v) is 5.20. The maximum absolute atomic E-state index is 12.9. The largest absolute Gasteiger partial charge is 0.393 e. The quantitative estimate of drug-likeness (QED) is 0.560. The van der Waals surface area contributed by atoms with Crippen LogP contribution in [-0.2, 0) is 9.47 Å². The minimum Gasteiger partial charge on any atom is -0.393 e. The Balaban J connectivity index is 3.79. The van der Waals surface area contributed by atoms with Gasteiger partial charge in [-0.15, -0.1) is 0 Å². The molecule has 0 aliphatic carbocycles. The molecule has 0 aromatic carbocycles. The van der Waals surface area contributed by atoms with Crippen LogP contribution in [0, 0.1) is 0 Å². The van der Waals surface area contributed by atoms with E-state index in [1.807, 2.05) is 6.92 Å². The minimum absolute atomic E-state index is 0.137. The van der Waals surface area contributed by atoms with Gasteiger partial charge in [0.15, 0.2) is 6.17 Å². The van der Waals surface area contributed by atoms with Crippen molar-refractivity contribution < 1.29 is 24.1 Å². The van der Waals surface area contributed by atoms with Crippen LogP contribution in [0.25, 0.3) is 0 Å². The molecule has 3 atom stereocenters. The molecule has 0 rings (SSSR count). The number of methoxy groups -OCH3 is 1. The van der Waals surface area contributed by atoms with Gasteiger partial charge in [0.05, 0.1) is 13.2 Å². The van der Waals surface area contributed by atoms with Gasteiger partial charge in [-0.25, -0.2) is 4.39 Å². The molecule has 15 heavy (non-hydrogen) atoms. The summed E-state index contributed by atoms with van der Waals surface area (Å²) in [6.07, 6.45) is -1.83. The second-order valence-corrected chi connectivity index (χ2v) is 3.39. The molecule has 0 aromatic heterocycles. The first-order valence-electron chi connectivity index (χ1n) is 5.20. The lowest BCUT2D eigenvalue weighted by Crippen LogP contribution is -2.41. The van der Waals surface area contributed by atoms with Crippen molar-refractivity contribution in [1.82, 2.24) is 0 Å². The van der Waals surface area contributed by atoms with E-state index in [-0.39, 0.29) is 6.61 Å². The van der Waals surface area contributed by atoms with Crippen molar-refractivity contribution in [1.29, 1.82) is 0 Å². The summed E-state index contributed by atoms with van der Waals surface area (Å²) in [7, 11) is 1.38. The van der Waals surface area contributed by atoms with E-state index in [0.29, 0.717) is 6.61 Å². The molecule has 0 saturated heterocycles. The zero-order chi connectivity index (χ0) is 11.7. The normalized spacial score (nSPS) is 17.4. The van der Waals surface area contributed by atoms with Gasteiger partial charge in [0.1, 0.15) is 12.2 Å². The summed E-state index contributed by atoms with van der Waals surface area (Å²) in [6, 6.07) is 0. The third-order valence-corrected chi connectivity index (χ3v) is 2.15. The summed E-state index contributed by atoms with van der Waals surface area (Å²) >= 11 is 0. The van der Waals surface area contributed by atoms with Gasteiger partial charge in [-0.3, -0.25) is 0 Å². The molecule has 0 aliphatic heterocycles. The number of alkyl halides is 1. The van der Waals surface area contributed by atoms with Crippen molar-refractivity contribution in [3.63, 3.8) is 0 Å². The van der Waals surface area contributed by atoms with E-state index in [0.717, 1.165) is 12.8 Å². The molecule has 0 bridgehead atoms. The highest BCUT2D eigenvalue weighted by Gasteiger charge is 2.27. The molecule has 0 spiro atoms. The lowest BCUT2D eigenvalue weighted by atomic mass is 10.1. The number of aliphatic hydroxyl groups excluding tert-OH is 2. The van der Waals surface area contributed by atoms with Crippen LogP contribution in [0.1, 0.15) is 19.8 Å². The molecule has 4 nitrogen and oxygen atoms in total. The molecule has 0 heterocycles. The van der Waals surface area contributed by atoms with E-state index in [1.54, 1.807) is 0 Å². The van der Waals surface area contributed by atoms with Gasteiger partial charge in [-0.2, -0.15) is 0 Å². The Morgan fingerprint density at radius 3 is 2.53 bits per heavy atom. The number of rotatable bonds is 9. The van der Waals surface area contributed by atoms with Crippen molar-refractivity contribution in [3.8, 4) is 0 Å². The topological polar surface area (TPSA) is 58.9 Å². The first-order chi connectivity index (χ1) is 7.17. The summed E-state index contributed by atoms with van der Waals surface area (Å²) < 4.78 is 23.0. The van der Waals surface area contributed by atoms with Crippen molar-refractivity contribution in [2.75, 3.05) is 26.9 Å². The van der Waals surface area contributed by atoms with Gasteiger partial charge >= 0.3 is 0 Å². The summed E-state index contributed by atoms with van der Waals surface area (Å²) in [4.78, 5) is 0. The third kappa shape index (κ3) is 6.04. The van der Waals surface area contributed by atoms with Gasteiger partial charge in [0, 0.05) is 13.7 Å². The molecule has 2 N–H and O–H groups in total. The van der Waals surface area contributed by atoms with Crippen LogP contribution in [-0.4, -0.2) is 55.5 Å². The second kappa shape index (κ2) is 9.03. The fraction of sp³-hybridized carbons (Fsp3) is 1.00. The van der Waals surface area contributed by atoms with Crippen LogP contribution in [0.3, 0.4) is 0 Å². The van der Waals surface area contributed by atoms with Crippen LogP contribution < -0.4 is 0 Å². The standard InChI is InChI=1S/C10H21FO4/c1-3-4-5-15-7-9(14-2)10(13)8(11)6-12/h8-10,12-13H,3-7H2,1-2H3/t8?,9-,10?/m1/s1. The van der Waals surface area contributed by atoms with Crippen LogP contribution in [0.15, 0.2) is 0 Å². The van der Waals surface area contributed by atoms with Crippen molar-refractivity contribution in [2.24, 2.45) is 0 Å². The van der Waals surface area contributed by atoms with Crippen molar-refractivity contribution in [3.05, 3.63) is 0 Å². The molecule has 0 fully saturated rings. The predicted molar refractivity (Wildman–Crippen MR) is 54.5 cm³/mol. The highest BCUT2D eigenvalue weighted by molar-refractivity contribution is 4.75. The Morgan fingerprint density at radius 2 is 2.07 bits per heavy atom. The molecule has 0 aliphatic rings. The Morgan fingerprint density at radius 1 is 1.40 bits per heavy atom. The molecular formula is C10H21FO4. The zero-order valence-electron chi connectivity index (χ0n) is 9.36. The Hall–Kier alpha value is -0.230. The minimum atomic E-state index is -1.69. The SMILES string of the molecule is CCCCOC[C@@H](OC)C(O)C(F)CO. The third-order valence-electron chi connectivity index (χ3n) is 2.15.